The molecule has 0 unspecified atom stereocenters. The molecular weight excluding hydrogens is 693 g/mol. The highest BCUT2D eigenvalue weighted by atomic mass is 32.1. The Morgan fingerprint density at radius 2 is 0.709 bits per heavy atom. The van der Waals surface area contributed by atoms with Crippen LogP contribution in [0.3, 0.4) is 0 Å². The van der Waals surface area contributed by atoms with Gasteiger partial charge in [0.25, 0.3) is 0 Å². The fourth-order valence-electron chi connectivity index (χ4n) is 6.67. The first-order chi connectivity index (χ1) is 27.2. The zero-order valence-corrected chi connectivity index (χ0v) is 30.5. The van der Waals surface area contributed by atoms with Gasteiger partial charge >= 0.3 is 0 Å². The molecule has 0 saturated heterocycles. The predicted octanol–water partition coefficient (Wildman–Crippen LogP) is 12.8. The highest BCUT2D eigenvalue weighted by Gasteiger charge is 2.15. The minimum atomic E-state index is 0.977. The number of aromatic nitrogens is 4. The van der Waals surface area contributed by atoms with E-state index in [1.54, 1.807) is 23.7 Å². The van der Waals surface area contributed by atoms with Crippen LogP contribution in [0.5, 0.6) is 0 Å². The van der Waals surface area contributed by atoms with Crippen molar-refractivity contribution in [3.8, 4) is 65.4 Å². The molecular formula is C48H34N6S. The van der Waals surface area contributed by atoms with Crippen molar-refractivity contribution in [1.29, 1.82) is 0 Å². The van der Waals surface area contributed by atoms with E-state index in [4.69, 9.17) is 0 Å². The van der Waals surface area contributed by atoms with E-state index in [0.29, 0.717) is 0 Å². The second-order valence-electron chi connectivity index (χ2n) is 13.0. The number of nitrogens with one attached hydrogen (secondary N) is 2. The molecule has 0 bridgehead atoms. The third-order valence-corrected chi connectivity index (χ3v) is 10.7. The topological polar surface area (TPSA) is 75.6 Å². The zero-order valence-electron chi connectivity index (χ0n) is 29.7. The number of rotatable bonds is 10. The Morgan fingerprint density at radius 1 is 0.327 bits per heavy atom. The van der Waals surface area contributed by atoms with E-state index in [0.717, 1.165) is 88.1 Å². The molecule has 0 spiro atoms. The summed E-state index contributed by atoms with van der Waals surface area (Å²) in [6.07, 6.45) is 14.6. The van der Waals surface area contributed by atoms with Gasteiger partial charge in [0.15, 0.2) is 0 Å². The number of hydrogen-bond acceptors (Lipinski definition) is 7. The molecule has 2 N–H and O–H groups in total. The average molecular weight is 727 g/mol. The van der Waals surface area contributed by atoms with E-state index in [2.05, 4.69) is 140 Å². The molecule has 5 aromatic heterocycles. The number of anilines is 4. The number of nitrogens with zero attached hydrogens (tertiary/aromatic N) is 4. The third-order valence-electron chi connectivity index (χ3n) is 9.52. The Labute approximate surface area is 324 Å². The van der Waals surface area contributed by atoms with E-state index in [1.807, 2.05) is 73.6 Å². The molecule has 0 atom stereocenters. The Kier molecular flexibility index (Phi) is 9.41. The first-order valence-electron chi connectivity index (χ1n) is 18.0. The fraction of sp³-hybridized carbons (Fsp3) is 0. The summed E-state index contributed by atoms with van der Waals surface area (Å²) in [5.74, 6) is 0. The molecule has 0 fully saturated rings. The van der Waals surface area contributed by atoms with Gasteiger partial charge in [-0.15, -0.1) is 11.3 Å². The van der Waals surface area contributed by atoms with Gasteiger partial charge < -0.3 is 10.6 Å². The number of pyridine rings is 4. The molecule has 0 amide bonds. The third kappa shape index (κ3) is 7.51. The maximum absolute atomic E-state index is 4.28. The van der Waals surface area contributed by atoms with Gasteiger partial charge in [-0.05, 0) is 105 Å². The fourth-order valence-corrected chi connectivity index (χ4v) is 7.76. The van der Waals surface area contributed by atoms with Gasteiger partial charge in [0.1, 0.15) is 0 Å². The molecule has 9 aromatic rings. The smallest absolute Gasteiger partial charge is 0.0478 e. The van der Waals surface area contributed by atoms with Gasteiger partial charge in [0, 0.05) is 93.2 Å². The van der Waals surface area contributed by atoms with Crippen LogP contribution in [0.15, 0.2) is 195 Å². The summed E-state index contributed by atoms with van der Waals surface area (Å²) in [6.45, 7) is 0. The second kappa shape index (κ2) is 15.4. The largest absolute Gasteiger partial charge is 0.355 e. The highest BCUT2D eigenvalue weighted by molar-refractivity contribution is 7.19. The van der Waals surface area contributed by atoms with Crippen LogP contribution in [0, 0.1) is 0 Å². The van der Waals surface area contributed by atoms with Crippen molar-refractivity contribution in [3.05, 3.63) is 195 Å². The van der Waals surface area contributed by atoms with Gasteiger partial charge in [-0.3, -0.25) is 19.9 Å². The molecule has 4 aromatic carbocycles. The predicted molar refractivity (Wildman–Crippen MR) is 228 cm³/mol. The molecule has 9 rings (SSSR count). The second-order valence-corrected chi connectivity index (χ2v) is 14.1. The van der Waals surface area contributed by atoms with E-state index in [9.17, 15) is 0 Å². The maximum atomic E-state index is 4.28. The summed E-state index contributed by atoms with van der Waals surface area (Å²) in [4.78, 5) is 19.4. The van der Waals surface area contributed by atoms with Gasteiger partial charge in [-0.1, -0.05) is 84.9 Å². The quantitative estimate of drug-likeness (QED) is 0.146. The van der Waals surface area contributed by atoms with Crippen molar-refractivity contribution in [2.45, 2.75) is 0 Å². The molecule has 0 saturated carbocycles. The zero-order chi connectivity index (χ0) is 36.8. The minimum absolute atomic E-state index is 0.977. The van der Waals surface area contributed by atoms with Gasteiger partial charge in [-0.25, -0.2) is 0 Å². The summed E-state index contributed by atoms with van der Waals surface area (Å²) in [6, 6.07) is 51.1. The average Bonchev–Trinajstić information content (AvgIpc) is 3.75. The Balaban J connectivity index is 1.06. The van der Waals surface area contributed by atoms with Crippen molar-refractivity contribution < 1.29 is 0 Å². The summed E-state index contributed by atoms with van der Waals surface area (Å²) < 4.78 is 0. The van der Waals surface area contributed by atoms with Crippen molar-refractivity contribution in [2.75, 3.05) is 10.6 Å². The standard InChI is InChI=1S/C48H34N6S/c1-3-39(31-51-23-1)35-9-5-33(6-10-35)37-13-15-43(45(29-37)53-41-19-25-49-26-20-41)47-17-18-48(55-47)44-16-14-38(30-46(44)54-42-21-27-50-28-22-42)34-7-11-36(12-8-34)40-4-2-24-52-32-40/h1-32H,(H,49,53)(H,50,54). The van der Waals surface area contributed by atoms with Crippen LogP contribution in [-0.4, -0.2) is 19.9 Å². The molecule has 0 aliphatic heterocycles. The molecule has 0 radical (unpaired) electrons. The van der Waals surface area contributed by atoms with Crippen molar-refractivity contribution in [2.24, 2.45) is 0 Å². The number of hydrogen-bond donors (Lipinski definition) is 2. The molecule has 6 nitrogen and oxygen atoms in total. The summed E-state index contributed by atoms with van der Waals surface area (Å²) in [5.41, 5.74) is 15.3. The van der Waals surface area contributed by atoms with Crippen molar-refractivity contribution in [3.63, 3.8) is 0 Å². The van der Waals surface area contributed by atoms with Crippen LogP contribution in [0.25, 0.3) is 65.4 Å². The lowest BCUT2D eigenvalue weighted by atomic mass is 9.98. The Morgan fingerprint density at radius 3 is 1.09 bits per heavy atom. The van der Waals surface area contributed by atoms with Gasteiger partial charge in [-0.2, -0.15) is 0 Å². The van der Waals surface area contributed by atoms with Crippen molar-refractivity contribution >= 4 is 34.1 Å². The van der Waals surface area contributed by atoms with E-state index in [-0.39, 0.29) is 0 Å². The van der Waals surface area contributed by atoms with Gasteiger partial charge in [0.2, 0.25) is 0 Å². The lowest BCUT2D eigenvalue weighted by Gasteiger charge is -2.15. The SMILES string of the molecule is c1cncc(-c2ccc(-c3ccc(-c4ccc(-c5ccc(-c6ccc(-c7cccnc7)cc6)cc5Nc5ccncc5)s4)c(Nc4ccncc4)c3)cc2)c1. The van der Waals surface area contributed by atoms with Crippen LogP contribution in [-0.2, 0) is 0 Å². The first kappa shape index (κ1) is 33.6. The monoisotopic (exact) mass is 726 g/mol. The van der Waals surface area contributed by atoms with E-state index >= 15 is 0 Å². The van der Waals surface area contributed by atoms with Crippen LogP contribution in [0.1, 0.15) is 0 Å². The number of benzene rings is 4. The van der Waals surface area contributed by atoms with Crippen LogP contribution in [0.2, 0.25) is 0 Å². The van der Waals surface area contributed by atoms with Crippen molar-refractivity contribution in [1.82, 2.24) is 19.9 Å². The van der Waals surface area contributed by atoms with Crippen LogP contribution in [0.4, 0.5) is 22.7 Å². The molecule has 262 valence electrons. The lowest BCUT2D eigenvalue weighted by Crippen LogP contribution is -1.94. The molecule has 5 heterocycles. The summed E-state index contributed by atoms with van der Waals surface area (Å²) in [7, 11) is 0. The van der Waals surface area contributed by atoms with E-state index < -0.39 is 0 Å². The first-order valence-corrected chi connectivity index (χ1v) is 18.8. The van der Waals surface area contributed by atoms with Crippen LogP contribution >= 0.6 is 11.3 Å². The molecule has 55 heavy (non-hydrogen) atoms. The number of thiophene rings is 1. The maximum Gasteiger partial charge on any atom is 0.0478 e. The van der Waals surface area contributed by atoms with Crippen LogP contribution < -0.4 is 10.6 Å². The summed E-state index contributed by atoms with van der Waals surface area (Å²) in [5, 5.41) is 7.38. The highest BCUT2D eigenvalue weighted by Crippen LogP contribution is 2.43. The normalized spacial score (nSPS) is 10.9. The molecule has 0 aliphatic carbocycles. The lowest BCUT2D eigenvalue weighted by molar-refractivity contribution is 1.32. The molecule has 0 aliphatic rings. The van der Waals surface area contributed by atoms with E-state index in [1.165, 1.54) is 0 Å². The van der Waals surface area contributed by atoms with Gasteiger partial charge in [0.05, 0.1) is 0 Å². The Bertz CT molecular complexity index is 2480. The Hall–Kier alpha value is -7.22. The summed E-state index contributed by atoms with van der Waals surface area (Å²) >= 11 is 1.77. The molecule has 7 heteroatoms. The minimum Gasteiger partial charge on any atom is -0.355 e.